The van der Waals surface area contributed by atoms with E-state index in [4.69, 9.17) is 0 Å². The lowest BCUT2D eigenvalue weighted by Gasteiger charge is -2.24. The molecular formula is C7H14IN. The van der Waals surface area contributed by atoms with Crippen molar-refractivity contribution in [1.82, 2.24) is 3.53 Å². The summed E-state index contributed by atoms with van der Waals surface area (Å²) in [5, 5.41) is 0. The summed E-state index contributed by atoms with van der Waals surface area (Å²) in [6, 6.07) is 0.807. The van der Waals surface area contributed by atoms with Crippen LogP contribution in [-0.4, -0.2) is 6.04 Å². The second-order valence-electron chi connectivity index (χ2n) is 3.07. The van der Waals surface area contributed by atoms with Gasteiger partial charge in [0.05, 0.1) is 0 Å². The van der Waals surface area contributed by atoms with Crippen molar-refractivity contribution in [2.45, 2.75) is 38.6 Å². The Labute approximate surface area is 71.1 Å². The smallest absolute Gasteiger partial charge is 0.0172 e. The summed E-state index contributed by atoms with van der Waals surface area (Å²) in [6.45, 7) is 2.35. The highest BCUT2D eigenvalue weighted by atomic mass is 127. The van der Waals surface area contributed by atoms with Crippen LogP contribution < -0.4 is 3.53 Å². The minimum atomic E-state index is 0.807. The number of rotatable bonds is 1. The van der Waals surface area contributed by atoms with Gasteiger partial charge in [-0.05, 0) is 31.6 Å². The van der Waals surface area contributed by atoms with E-state index in [1.54, 1.807) is 0 Å². The van der Waals surface area contributed by atoms with Gasteiger partial charge in [-0.2, -0.15) is 0 Å². The van der Waals surface area contributed by atoms with Gasteiger partial charge in [0.15, 0.2) is 0 Å². The molecule has 9 heavy (non-hydrogen) atoms. The third-order valence-corrected chi connectivity index (χ3v) is 3.05. The molecule has 1 rings (SSSR count). The van der Waals surface area contributed by atoms with Crippen LogP contribution in [-0.2, 0) is 0 Å². The maximum Gasteiger partial charge on any atom is 0.0172 e. The first-order chi connectivity index (χ1) is 4.33. The van der Waals surface area contributed by atoms with Crippen LogP contribution in [0.2, 0.25) is 0 Å². The van der Waals surface area contributed by atoms with Gasteiger partial charge in [0.1, 0.15) is 0 Å². The van der Waals surface area contributed by atoms with Gasteiger partial charge in [-0.1, -0.05) is 6.92 Å². The van der Waals surface area contributed by atoms with Crippen molar-refractivity contribution in [3.63, 3.8) is 0 Å². The van der Waals surface area contributed by atoms with Crippen LogP contribution in [0.25, 0.3) is 0 Å². The molecule has 0 amide bonds. The van der Waals surface area contributed by atoms with Gasteiger partial charge < -0.3 is 0 Å². The predicted molar refractivity (Wildman–Crippen MR) is 48.6 cm³/mol. The third-order valence-electron chi connectivity index (χ3n) is 2.17. The van der Waals surface area contributed by atoms with E-state index in [1.165, 1.54) is 25.7 Å². The molecule has 54 valence electrons. The molecule has 0 aromatic heterocycles. The first-order valence-electron chi connectivity index (χ1n) is 3.69. The molecule has 0 atom stereocenters. The van der Waals surface area contributed by atoms with E-state index in [9.17, 15) is 0 Å². The summed E-state index contributed by atoms with van der Waals surface area (Å²) < 4.78 is 3.29. The first-order valence-corrected chi connectivity index (χ1v) is 4.77. The van der Waals surface area contributed by atoms with Crippen molar-refractivity contribution in [3.05, 3.63) is 0 Å². The lowest BCUT2D eigenvalue weighted by Crippen LogP contribution is -2.25. The van der Waals surface area contributed by atoms with E-state index in [-0.39, 0.29) is 0 Å². The molecule has 0 radical (unpaired) electrons. The minimum absolute atomic E-state index is 0.807. The molecule has 1 fully saturated rings. The highest BCUT2D eigenvalue weighted by Crippen LogP contribution is 2.23. The summed E-state index contributed by atoms with van der Waals surface area (Å²) >= 11 is 2.26. The number of halogens is 1. The van der Waals surface area contributed by atoms with Crippen molar-refractivity contribution in [3.8, 4) is 0 Å². The predicted octanol–water partition coefficient (Wildman–Crippen LogP) is 2.50. The third kappa shape index (κ3) is 2.42. The molecule has 0 aromatic rings. The van der Waals surface area contributed by atoms with Gasteiger partial charge in [0.2, 0.25) is 0 Å². The molecule has 1 nitrogen and oxygen atoms in total. The standard InChI is InChI=1S/C7H14IN/c1-6-2-4-7(9-8)5-3-6/h6-7,9H,2-5H2,1H3. The highest BCUT2D eigenvalue weighted by molar-refractivity contribution is 14.1. The first kappa shape index (κ1) is 7.79. The topological polar surface area (TPSA) is 12.0 Å². The van der Waals surface area contributed by atoms with Crippen LogP contribution in [0.3, 0.4) is 0 Å². The van der Waals surface area contributed by atoms with E-state index in [0.717, 1.165) is 12.0 Å². The lowest BCUT2D eigenvalue weighted by atomic mass is 9.88. The van der Waals surface area contributed by atoms with Gasteiger partial charge in [-0.3, -0.25) is 3.53 Å². The summed E-state index contributed by atoms with van der Waals surface area (Å²) in [7, 11) is 0. The van der Waals surface area contributed by atoms with Crippen molar-refractivity contribution in [1.29, 1.82) is 0 Å². The van der Waals surface area contributed by atoms with Crippen LogP contribution >= 0.6 is 22.9 Å². The summed E-state index contributed by atoms with van der Waals surface area (Å²) in [6.07, 6.45) is 5.59. The Morgan fingerprint density at radius 2 is 1.78 bits per heavy atom. The zero-order valence-electron chi connectivity index (χ0n) is 5.86. The molecule has 1 N–H and O–H groups in total. The zero-order valence-corrected chi connectivity index (χ0v) is 8.02. The highest BCUT2D eigenvalue weighted by Gasteiger charge is 2.16. The Bertz CT molecular complexity index is 77.0. The number of hydrogen-bond acceptors (Lipinski definition) is 1. The minimum Gasteiger partial charge on any atom is -0.258 e. The summed E-state index contributed by atoms with van der Waals surface area (Å²) in [5.74, 6) is 0.978. The molecule has 0 aliphatic heterocycles. The van der Waals surface area contributed by atoms with Gasteiger partial charge in [0, 0.05) is 28.9 Å². The van der Waals surface area contributed by atoms with Crippen molar-refractivity contribution in [2.24, 2.45) is 5.92 Å². The van der Waals surface area contributed by atoms with Crippen LogP contribution in [0, 0.1) is 5.92 Å². The van der Waals surface area contributed by atoms with Crippen LogP contribution in [0.5, 0.6) is 0 Å². The molecule has 0 aromatic carbocycles. The average molecular weight is 239 g/mol. The van der Waals surface area contributed by atoms with Gasteiger partial charge in [-0.25, -0.2) is 0 Å². The Balaban J connectivity index is 2.18. The maximum absolute atomic E-state index is 3.29. The number of nitrogens with one attached hydrogen (secondary N) is 1. The van der Waals surface area contributed by atoms with E-state index in [0.29, 0.717) is 0 Å². The van der Waals surface area contributed by atoms with Crippen LogP contribution in [0.1, 0.15) is 32.6 Å². The molecule has 1 aliphatic rings. The van der Waals surface area contributed by atoms with Crippen molar-refractivity contribution in [2.75, 3.05) is 0 Å². The van der Waals surface area contributed by atoms with Gasteiger partial charge in [-0.15, -0.1) is 0 Å². The van der Waals surface area contributed by atoms with Crippen molar-refractivity contribution < 1.29 is 0 Å². The fourth-order valence-corrected chi connectivity index (χ4v) is 1.99. The molecule has 0 heterocycles. The molecular weight excluding hydrogens is 225 g/mol. The summed E-state index contributed by atoms with van der Waals surface area (Å²) in [4.78, 5) is 0. The average Bonchev–Trinajstić information content (AvgIpc) is 1.90. The van der Waals surface area contributed by atoms with Gasteiger partial charge >= 0.3 is 0 Å². The zero-order chi connectivity index (χ0) is 6.69. The quantitative estimate of drug-likeness (QED) is 0.547. The Morgan fingerprint density at radius 3 is 2.22 bits per heavy atom. The van der Waals surface area contributed by atoms with E-state index in [1.807, 2.05) is 0 Å². The second-order valence-corrected chi connectivity index (χ2v) is 3.69. The molecule has 0 bridgehead atoms. The van der Waals surface area contributed by atoms with Crippen LogP contribution in [0.15, 0.2) is 0 Å². The van der Waals surface area contributed by atoms with Crippen LogP contribution in [0.4, 0.5) is 0 Å². The fourth-order valence-electron chi connectivity index (χ4n) is 1.37. The SMILES string of the molecule is CC1CCC(NI)CC1. The fraction of sp³-hybridized carbons (Fsp3) is 1.00. The Hall–Kier alpha value is 0.690. The molecule has 0 unspecified atom stereocenters. The number of hydrogen-bond donors (Lipinski definition) is 1. The van der Waals surface area contributed by atoms with E-state index in [2.05, 4.69) is 33.3 Å². The lowest BCUT2D eigenvalue weighted by molar-refractivity contribution is 0.341. The monoisotopic (exact) mass is 239 g/mol. The van der Waals surface area contributed by atoms with Gasteiger partial charge in [0.25, 0.3) is 0 Å². The largest absolute Gasteiger partial charge is 0.258 e. The molecule has 1 aliphatic carbocycles. The maximum atomic E-state index is 3.29. The van der Waals surface area contributed by atoms with E-state index >= 15 is 0 Å². The molecule has 1 saturated carbocycles. The Morgan fingerprint density at radius 1 is 1.22 bits per heavy atom. The summed E-state index contributed by atoms with van der Waals surface area (Å²) in [5.41, 5.74) is 0. The second kappa shape index (κ2) is 3.76. The molecule has 2 heteroatoms. The normalized spacial score (nSPS) is 36.7. The molecule has 0 saturated heterocycles. The van der Waals surface area contributed by atoms with Crippen molar-refractivity contribution >= 4 is 22.9 Å². The molecule has 0 spiro atoms. The Kier molecular flexibility index (Phi) is 3.26. The van der Waals surface area contributed by atoms with E-state index < -0.39 is 0 Å².